The molecule has 10 heteroatoms. The van der Waals surface area contributed by atoms with Gasteiger partial charge < -0.3 is 9.47 Å². The summed E-state index contributed by atoms with van der Waals surface area (Å²) in [6, 6.07) is 10.2. The SMILES string of the molecule is O=C(CCCC[C@@H]1CCSS1)OC(=O)[C@H](Oc1cccc(C(F)(F)F)c1)c1ccc(Cl)cc1. The van der Waals surface area contributed by atoms with Crippen LogP contribution in [0.5, 0.6) is 5.75 Å². The summed E-state index contributed by atoms with van der Waals surface area (Å²) in [5, 5.41) is 1.00. The van der Waals surface area contributed by atoms with E-state index in [1.165, 1.54) is 36.4 Å². The first-order valence-electron chi connectivity index (χ1n) is 10.3. The molecule has 0 unspecified atom stereocenters. The van der Waals surface area contributed by atoms with Crippen LogP contribution in [0.25, 0.3) is 0 Å². The summed E-state index contributed by atoms with van der Waals surface area (Å²) in [4.78, 5) is 24.9. The van der Waals surface area contributed by atoms with Gasteiger partial charge in [0.15, 0.2) is 0 Å². The van der Waals surface area contributed by atoms with Gasteiger partial charge in [0.25, 0.3) is 0 Å². The molecule has 1 aliphatic heterocycles. The lowest BCUT2D eigenvalue weighted by molar-refractivity contribution is -0.165. The van der Waals surface area contributed by atoms with Gasteiger partial charge in [0.05, 0.1) is 5.56 Å². The number of halogens is 4. The van der Waals surface area contributed by atoms with E-state index in [-0.39, 0.29) is 12.2 Å². The Labute approximate surface area is 202 Å². The van der Waals surface area contributed by atoms with E-state index in [1.807, 2.05) is 21.6 Å². The van der Waals surface area contributed by atoms with Crippen LogP contribution in [0.1, 0.15) is 49.3 Å². The Balaban J connectivity index is 1.64. The van der Waals surface area contributed by atoms with Crippen LogP contribution in [-0.4, -0.2) is 22.9 Å². The Morgan fingerprint density at radius 1 is 1.12 bits per heavy atom. The average Bonchev–Trinajstić information content (AvgIpc) is 3.29. The Bertz CT molecular complexity index is 947. The molecule has 4 nitrogen and oxygen atoms in total. The highest BCUT2D eigenvalue weighted by Gasteiger charge is 2.32. The summed E-state index contributed by atoms with van der Waals surface area (Å²) >= 11 is 5.89. The molecule has 0 bridgehead atoms. The highest BCUT2D eigenvalue weighted by molar-refractivity contribution is 8.77. The molecular weight excluding hydrogens is 497 g/mol. The van der Waals surface area contributed by atoms with Crippen molar-refractivity contribution in [2.75, 3.05) is 5.75 Å². The van der Waals surface area contributed by atoms with Crippen molar-refractivity contribution in [2.45, 2.75) is 49.6 Å². The quantitative estimate of drug-likeness (QED) is 0.151. The standard InChI is InChI=1S/C23H22ClF3O4S2/c24-17-10-8-15(9-11-17)21(30-18-5-3-4-16(14-18)23(25,26)27)22(29)31-20(28)7-2-1-6-19-12-13-32-33-19/h3-5,8-11,14,19,21H,1-2,6-7,12-13H2/t19-,21-/m1/s1. The molecule has 3 rings (SSSR count). The third-order valence-electron chi connectivity index (χ3n) is 4.90. The van der Waals surface area contributed by atoms with Crippen molar-refractivity contribution >= 4 is 45.1 Å². The summed E-state index contributed by atoms with van der Waals surface area (Å²) < 4.78 is 49.7. The maximum atomic E-state index is 13.0. The van der Waals surface area contributed by atoms with E-state index in [1.54, 1.807) is 0 Å². The van der Waals surface area contributed by atoms with Crippen molar-refractivity contribution < 1.29 is 32.2 Å². The van der Waals surface area contributed by atoms with E-state index in [2.05, 4.69) is 0 Å². The summed E-state index contributed by atoms with van der Waals surface area (Å²) in [6.07, 6.45) is -2.31. The molecule has 0 aromatic heterocycles. The van der Waals surface area contributed by atoms with Crippen molar-refractivity contribution in [1.82, 2.24) is 0 Å². The summed E-state index contributed by atoms with van der Waals surface area (Å²) in [6.45, 7) is 0. The van der Waals surface area contributed by atoms with E-state index >= 15 is 0 Å². The van der Waals surface area contributed by atoms with Crippen LogP contribution < -0.4 is 4.74 Å². The summed E-state index contributed by atoms with van der Waals surface area (Å²) in [7, 11) is 3.72. The van der Waals surface area contributed by atoms with Crippen LogP contribution in [0.2, 0.25) is 5.02 Å². The fourth-order valence-electron chi connectivity index (χ4n) is 3.19. The molecule has 2 aromatic rings. The van der Waals surface area contributed by atoms with Crippen molar-refractivity contribution in [1.29, 1.82) is 0 Å². The highest BCUT2D eigenvalue weighted by Crippen LogP contribution is 2.40. The topological polar surface area (TPSA) is 52.6 Å². The molecule has 1 heterocycles. The zero-order valence-electron chi connectivity index (χ0n) is 17.5. The molecule has 1 saturated heterocycles. The number of carbonyl (C=O) groups is 2. The van der Waals surface area contributed by atoms with Gasteiger partial charge in [0.1, 0.15) is 5.75 Å². The second-order valence-electron chi connectivity index (χ2n) is 7.44. The van der Waals surface area contributed by atoms with Crippen LogP contribution in [0.15, 0.2) is 48.5 Å². The predicted molar refractivity (Wildman–Crippen MR) is 124 cm³/mol. The minimum absolute atomic E-state index is 0.0766. The third kappa shape index (κ3) is 8.15. The van der Waals surface area contributed by atoms with Gasteiger partial charge in [0, 0.05) is 28.0 Å². The molecule has 0 aliphatic carbocycles. The van der Waals surface area contributed by atoms with E-state index < -0.39 is 29.8 Å². The van der Waals surface area contributed by atoms with Crippen molar-refractivity contribution in [2.24, 2.45) is 0 Å². The predicted octanol–water partition coefficient (Wildman–Crippen LogP) is 7.26. The van der Waals surface area contributed by atoms with Crippen LogP contribution in [0.4, 0.5) is 13.2 Å². The second-order valence-corrected chi connectivity index (χ2v) is 10.7. The van der Waals surface area contributed by atoms with Crippen molar-refractivity contribution in [3.05, 3.63) is 64.7 Å². The molecule has 1 aliphatic rings. The van der Waals surface area contributed by atoms with Crippen molar-refractivity contribution in [3.63, 3.8) is 0 Å². The number of hydrogen-bond acceptors (Lipinski definition) is 6. The van der Waals surface area contributed by atoms with Gasteiger partial charge in [-0.25, -0.2) is 4.79 Å². The Kier molecular flexibility index (Phi) is 9.40. The molecule has 0 radical (unpaired) electrons. The first kappa shape index (κ1) is 25.8. The number of ether oxygens (including phenoxy) is 2. The van der Waals surface area contributed by atoms with Gasteiger partial charge in [-0.05, 0) is 49.6 Å². The number of rotatable bonds is 9. The van der Waals surface area contributed by atoms with Gasteiger partial charge >= 0.3 is 18.1 Å². The number of esters is 2. The fourth-order valence-corrected chi connectivity index (χ4v) is 6.35. The average molecular weight is 519 g/mol. The Morgan fingerprint density at radius 2 is 1.88 bits per heavy atom. The van der Waals surface area contributed by atoms with Crippen LogP contribution in [0, 0.1) is 0 Å². The normalized spacial score (nSPS) is 16.9. The minimum Gasteiger partial charge on any atom is -0.474 e. The van der Waals surface area contributed by atoms with Crippen LogP contribution in [0.3, 0.4) is 0 Å². The third-order valence-corrected chi connectivity index (χ3v) is 8.16. The molecule has 2 aromatic carbocycles. The molecule has 1 fully saturated rings. The first-order valence-corrected chi connectivity index (χ1v) is 13.1. The zero-order valence-corrected chi connectivity index (χ0v) is 19.9. The van der Waals surface area contributed by atoms with Gasteiger partial charge in [0.2, 0.25) is 6.10 Å². The van der Waals surface area contributed by atoms with Gasteiger partial charge in [-0.2, -0.15) is 13.2 Å². The number of alkyl halides is 3. The summed E-state index contributed by atoms with van der Waals surface area (Å²) in [5.74, 6) is -0.729. The largest absolute Gasteiger partial charge is 0.474 e. The second kappa shape index (κ2) is 12.0. The number of carbonyl (C=O) groups excluding carboxylic acids is 2. The van der Waals surface area contributed by atoms with Crippen LogP contribution >= 0.6 is 33.2 Å². The molecule has 0 amide bonds. The van der Waals surface area contributed by atoms with Gasteiger partial charge in [-0.15, -0.1) is 0 Å². The fraction of sp³-hybridized carbons (Fsp3) is 0.391. The number of benzene rings is 2. The van der Waals surface area contributed by atoms with E-state index in [0.717, 1.165) is 37.1 Å². The highest BCUT2D eigenvalue weighted by atomic mass is 35.5. The van der Waals surface area contributed by atoms with Gasteiger partial charge in [-0.3, -0.25) is 4.79 Å². The number of hydrogen-bond donors (Lipinski definition) is 0. The minimum atomic E-state index is -4.57. The molecule has 33 heavy (non-hydrogen) atoms. The first-order chi connectivity index (χ1) is 15.7. The lowest BCUT2D eigenvalue weighted by Crippen LogP contribution is -2.24. The van der Waals surface area contributed by atoms with E-state index in [4.69, 9.17) is 21.1 Å². The molecule has 0 saturated carbocycles. The van der Waals surface area contributed by atoms with E-state index in [9.17, 15) is 22.8 Å². The maximum Gasteiger partial charge on any atom is 0.416 e. The molecule has 0 N–H and O–H groups in total. The maximum absolute atomic E-state index is 13.0. The Hall–Kier alpha value is -1.84. The van der Waals surface area contributed by atoms with Crippen LogP contribution in [-0.2, 0) is 20.5 Å². The Morgan fingerprint density at radius 3 is 2.55 bits per heavy atom. The smallest absolute Gasteiger partial charge is 0.416 e. The monoisotopic (exact) mass is 518 g/mol. The molecule has 2 atom stereocenters. The van der Waals surface area contributed by atoms with E-state index in [0.29, 0.717) is 22.3 Å². The van der Waals surface area contributed by atoms with Gasteiger partial charge in [-0.1, -0.05) is 57.8 Å². The lowest BCUT2D eigenvalue weighted by atomic mass is 10.1. The summed E-state index contributed by atoms with van der Waals surface area (Å²) in [5.41, 5.74) is -0.622. The lowest BCUT2D eigenvalue weighted by Gasteiger charge is -2.19. The zero-order chi connectivity index (χ0) is 23.8. The van der Waals surface area contributed by atoms with Crippen molar-refractivity contribution in [3.8, 4) is 5.75 Å². The molecule has 0 spiro atoms. The molecular formula is C23H22ClF3O4S2. The molecule has 178 valence electrons. The number of unbranched alkanes of at least 4 members (excludes halogenated alkanes) is 1.